The first kappa shape index (κ1) is 38.5. The molecule has 0 atom stereocenters. The molecule has 1 aliphatic rings. The van der Waals surface area contributed by atoms with E-state index in [1.807, 2.05) is 13.8 Å². The van der Waals surface area contributed by atoms with E-state index in [4.69, 9.17) is 8.83 Å². The molecule has 0 unspecified atom stereocenters. The van der Waals surface area contributed by atoms with Crippen LogP contribution in [0.3, 0.4) is 0 Å². The monoisotopic (exact) mass is 758 g/mol. The van der Waals surface area contributed by atoms with E-state index >= 15 is 0 Å². The van der Waals surface area contributed by atoms with Crippen LogP contribution in [0, 0.1) is 40.5 Å². The Bertz CT molecular complexity index is 2810. The van der Waals surface area contributed by atoms with E-state index < -0.39 is 0 Å². The molecule has 0 amide bonds. The lowest BCUT2D eigenvalue weighted by Gasteiger charge is -2.15. The number of pyridine rings is 4. The maximum atomic E-state index is 6.33. The topological polar surface area (TPSA) is 59.8 Å². The molecule has 6 heterocycles. The van der Waals surface area contributed by atoms with E-state index in [-0.39, 0.29) is 0 Å². The summed E-state index contributed by atoms with van der Waals surface area (Å²) in [5.41, 5.74) is 18.3. The molecular formula is C51H58N4O2+2. The number of nitrogens with zero attached hydrogens (tertiary/aromatic N) is 4. The highest BCUT2D eigenvalue weighted by molar-refractivity contribution is 6.09. The van der Waals surface area contributed by atoms with Gasteiger partial charge in [0.25, 0.3) is 0 Å². The highest BCUT2D eigenvalue weighted by atomic mass is 16.3. The Morgan fingerprint density at radius 1 is 0.614 bits per heavy atom. The lowest BCUT2D eigenvalue weighted by molar-refractivity contribution is -0.661. The molecule has 0 aliphatic heterocycles. The first-order valence-electron chi connectivity index (χ1n) is 20.9. The number of fused-ring (bicyclic) bond motifs is 6. The van der Waals surface area contributed by atoms with Gasteiger partial charge in [-0.25, -0.2) is 19.1 Å². The minimum Gasteiger partial charge on any atom is -0.437 e. The van der Waals surface area contributed by atoms with Crippen molar-refractivity contribution < 1.29 is 18.0 Å². The van der Waals surface area contributed by atoms with Crippen LogP contribution in [0.1, 0.15) is 110 Å². The summed E-state index contributed by atoms with van der Waals surface area (Å²) in [7, 11) is 4.29. The molecule has 1 fully saturated rings. The van der Waals surface area contributed by atoms with Gasteiger partial charge in [-0.3, -0.25) is 0 Å². The highest BCUT2D eigenvalue weighted by Crippen LogP contribution is 2.41. The second-order valence-electron chi connectivity index (χ2n) is 17.5. The predicted molar refractivity (Wildman–Crippen MR) is 234 cm³/mol. The van der Waals surface area contributed by atoms with Crippen molar-refractivity contribution in [2.75, 3.05) is 0 Å². The largest absolute Gasteiger partial charge is 0.437 e. The molecule has 0 N–H and O–H groups in total. The number of furan rings is 2. The number of aromatic nitrogens is 4. The summed E-state index contributed by atoms with van der Waals surface area (Å²) < 4.78 is 17.2. The van der Waals surface area contributed by atoms with Crippen molar-refractivity contribution in [3.05, 3.63) is 118 Å². The van der Waals surface area contributed by atoms with Crippen LogP contribution in [0.15, 0.2) is 81.9 Å². The van der Waals surface area contributed by atoms with Gasteiger partial charge in [0.15, 0.2) is 23.6 Å². The quantitative estimate of drug-likeness (QED) is 0.158. The third-order valence-corrected chi connectivity index (χ3v) is 12.2. The van der Waals surface area contributed by atoms with E-state index in [2.05, 4.69) is 155 Å². The predicted octanol–water partition coefficient (Wildman–Crippen LogP) is 12.5. The number of benzene rings is 2. The van der Waals surface area contributed by atoms with Gasteiger partial charge >= 0.3 is 0 Å². The minimum absolute atomic E-state index is 0.499. The molecule has 0 bridgehead atoms. The van der Waals surface area contributed by atoms with Crippen LogP contribution in [-0.2, 0) is 20.5 Å². The number of rotatable bonds is 6. The first-order valence-corrected chi connectivity index (χ1v) is 20.9. The van der Waals surface area contributed by atoms with Crippen LogP contribution >= 0.6 is 0 Å². The second-order valence-corrected chi connectivity index (χ2v) is 17.5. The van der Waals surface area contributed by atoms with Crippen molar-refractivity contribution in [3.8, 4) is 22.5 Å². The molecule has 9 rings (SSSR count). The van der Waals surface area contributed by atoms with Crippen molar-refractivity contribution in [1.82, 2.24) is 9.97 Å². The molecule has 1 aliphatic carbocycles. The Morgan fingerprint density at radius 2 is 1.11 bits per heavy atom. The molecule has 6 aromatic heterocycles. The maximum Gasteiger partial charge on any atom is 0.227 e. The molecule has 2 aromatic carbocycles. The molecule has 0 saturated heterocycles. The van der Waals surface area contributed by atoms with Crippen LogP contribution in [0.5, 0.6) is 0 Å². The SMILES string of the molecule is Cc1ccc2c(n1)oc1c(-c3cc(C4CCCC4)c(C)c[n+]3C)c(C)ccc12.Cc1ccc2c(n1)oc1c(-c3cc(CC(C)C)c(C(C)C)c[n+]3C)c(C)ccc12. The molecule has 1 saturated carbocycles. The fourth-order valence-electron chi connectivity index (χ4n) is 9.28. The Hall–Kier alpha value is -5.36. The van der Waals surface area contributed by atoms with E-state index in [9.17, 15) is 0 Å². The van der Waals surface area contributed by atoms with Gasteiger partial charge in [0.05, 0.1) is 11.1 Å². The average Bonchev–Trinajstić information content (AvgIpc) is 3.90. The second kappa shape index (κ2) is 15.2. The minimum atomic E-state index is 0.499. The summed E-state index contributed by atoms with van der Waals surface area (Å²) in [4.78, 5) is 9.24. The maximum absolute atomic E-state index is 6.33. The molecule has 6 heteroatoms. The molecular weight excluding hydrogens is 701 g/mol. The smallest absolute Gasteiger partial charge is 0.227 e. The zero-order chi connectivity index (χ0) is 40.3. The fraction of sp³-hybridized carbons (Fsp3) is 0.373. The van der Waals surface area contributed by atoms with Crippen LogP contribution in [0.2, 0.25) is 0 Å². The highest BCUT2D eigenvalue weighted by Gasteiger charge is 2.27. The summed E-state index contributed by atoms with van der Waals surface area (Å²) in [6.07, 6.45) is 11.0. The van der Waals surface area contributed by atoms with Crippen molar-refractivity contribution >= 4 is 44.1 Å². The normalized spacial score (nSPS) is 13.6. The summed E-state index contributed by atoms with van der Waals surface area (Å²) in [6, 6.07) is 21.9. The third kappa shape index (κ3) is 7.13. The lowest BCUT2D eigenvalue weighted by Crippen LogP contribution is -2.32. The van der Waals surface area contributed by atoms with Crippen LogP contribution in [0.25, 0.3) is 66.7 Å². The molecule has 0 radical (unpaired) electrons. The zero-order valence-corrected chi connectivity index (χ0v) is 35.8. The van der Waals surface area contributed by atoms with Crippen LogP contribution < -0.4 is 9.13 Å². The van der Waals surface area contributed by atoms with E-state index in [0.717, 1.165) is 61.9 Å². The van der Waals surface area contributed by atoms with Crippen molar-refractivity contribution in [1.29, 1.82) is 0 Å². The summed E-state index contributed by atoms with van der Waals surface area (Å²) in [5.74, 6) is 1.81. The Morgan fingerprint density at radius 3 is 1.61 bits per heavy atom. The van der Waals surface area contributed by atoms with E-state index in [1.54, 1.807) is 0 Å². The summed E-state index contributed by atoms with van der Waals surface area (Å²) in [6.45, 7) is 19.7. The number of hydrogen-bond donors (Lipinski definition) is 0. The van der Waals surface area contributed by atoms with E-state index in [0.29, 0.717) is 17.8 Å². The van der Waals surface area contributed by atoms with Crippen LogP contribution in [-0.4, -0.2) is 9.97 Å². The number of aryl methyl sites for hydroxylation is 7. The Balaban J connectivity index is 0.000000160. The molecule has 292 valence electrons. The Labute approximate surface area is 337 Å². The lowest BCUT2D eigenvalue weighted by atomic mass is 9.91. The van der Waals surface area contributed by atoms with Crippen molar-refractivity contribution in [2.45, 2.75) is 106 Å². The van der Waals surface area contributed by atoms with Crippen molar-refractivity contribution in [3.63, 3.8) is 0 Å². The van der Waals surface area contributed by atoms with Gasteiger partial charge in [0, 0.05) is 56.2 Å². The van der Waals surface area contributed by atoms with Gasteiger partial charge in [-0.1, -0.05) is 64.8 Å². The van der Waals surface area contributed by atoms with Gasteiger partial charge in [-0.2, -0.15) is 0 Å². The zero-order valence-electron chi connectivity index (χ0n) is 35.8. The average molecular weight is 759 g/mol. The van der Waals surface area contributed by atoms with Gasteiger partial charge < -0.3 is 8.83 Å². The van der Waals surface area contributed by atoms with Gasteiger partial charge in [-0.05, 0) is 118 Å². The van der Waals surface area contributed by atoms with Crippen LogP contribution in [0.4, 0.5) is 0 Å². The molecule has 8 aromatic rings. The fourth-order valence-corrected chi connectivity index (χ4v) is 9.28. The van der Waals surface area contributed by atoms with Gasteiger partial charge in [0.2, 0.25) is 22.8 Å². The molecule has 57 heavy (non-hydrogen) atoms. The van der Waals surface area contributed by atoms with Gasteiger partial charge in [0.1, 0.15) is 14.1 Å². The summed E-state index contributed by atoms with van der Waals surface area (Å²) >= 11 is 0. The molecule has 0 spiro atoms. The third-order valence-electron chi connectivity index (χ3n) is 12.2. The standard InChI is InChI=1S/C26H31N2O.C25H27N2O/c1-15(2)12-19-13-23(28(7)14-22(19)16(3)4)24-17(5)8-10-20-21-11-9-18(6)27-26(21)29-25(20)24;1-15-9-11-19-20-12-10-17(3)26-25(20)28-24(19)23(15)22-13-21(16(2)14-27(22)4)18-7-5-6-8-18/h8-11,13-16H,12H2,1-7H3;9-14,18H,5-8H2,1-4H3/q2*+1. The Kier molecular flexibility index (Phi) is 10.3. The first-order chi connectivity index (χ1) is 27.3. The van der Waals surface area contributed by atoms with Gasteiger partial charge in [-0.15, -0.1) is 0 Å². The number of hydrogen-bond acceptors (Lipinski definition) is 4. The van der Waals surface area contributed by atoms with E-state index in [1.165, 1.54) is 81.6 Å². The van der Waals surface area contributed by atoms with Crippen molar-refractivity contribution in [2.24, 2.45) is 20.0 Å². The molecule has 6 nitrogen and oxygen atoms in total. The summed E-state index contributed by atoms with van der Waals surface area (Å²) in [5, 5.41) is 4.45.